The quantitative estimate of drug-likeness (QED) is 0.578. The second kappa shape index (κ2) is 9.72. The summed E-state index contributed by atoms with van der Waals surface area (Å²) in [7, 11) is 0. The minimum Gasteiger partial charge on any atom is -0.390 e. The molecule has 0 spiro atoms. The number of amides is 4. The molecule has 0 aromatic carbocycles. The number of aliphatic hydroxyl groups is 1. The van der Waals surface area contributed by atoms with E-state index in [0.717, 1.165) is 0 Å². The van der Waals surface area contributed by atoms with Gasteiger partial charge in [0.1, 0.15) is 6.07 Å². The van der Waals surface area contributed by atoms with E-state index in [0.29, 0.717) is 45.0 Å². The van der Waals surface area contributed by atoms with Crippen molar-refractivity contribution >= 4 is 17.8 Å². The Morgan fingerprint density at radius 2 is 1.84 bits per heavy atom. The summed E-state index contributed by atoms with van der Waals surface area (Å²) in [6.07, 6.45) is 0.596. The first-order chi connectivity index (χ1) is 14.8. The Hall–Kier alpha value is -3.23. The second-order valence-electron chi connectivity index (χ2n) is 7.67. The molecule has 0 unspecified atom stereocenters. The van der Waals surface area contributed by atoms with E-state index in [4.69, 9.17) is 5.73 Å². The summed E-state index contributed by atoms with van der Waals surface area (Å²) in [5, 5.41) is 19.0. The van der Waals surface area contributed by atoms with Crippen LogP contribution < -0.4 is 5.73 Å². The van der Waals surface area contributed by atoms with Crippen molar-refractivity contribution < 1.29 is 19.5 Å². The summed E-state index contributed by atoms with van der Waals surface area (Å²) in [4.78, 5) is 48.1. The predicted molar refractivity (Wildman–Crippen MR) is 110 cm³/mol. The van der Waals surface area contributed by atoms with E-state index in [1.54, 1.807) is 14.7 Å². The van der Waals surface area contributed by atoms with Gasteiger partial charge in [0, 0.05) is 65.5 Å². The first-order valence-electron chi connectivity index (χ1n) is 10.2. The van der Waals surface area contributed by atoms with E-state index in [1.165, 1.54) is 24.1 Å². The maximum atomic E-state index is 13.2. The zero-order valence-corrected chi connectivity index (χ0v) is 17.5. The maximum Gasteiger partial charge on any atom is 0.320 e. The Labute approximate surface area is 180 Å². The molecule has 0 radical (unpaired) electrons. The van der Waals surface area contributed by atoms with Crippen LogP contribution in [0.3, 0.4) is 0 Å². The van der Waals surface area contributed by atoms with Crippen molar-refractivity contribution in [2.45, 2.75) is 19.6 Å². The molecule has 1 aromatic heterocycles. The summed E-state index contributed by atoms with van der Waals surface area (Å²) in [5.41, 5.74) is 6.38. The summed E-state index contributed by atoms with van der Waals surface area (Å²) < 4.78 is 0. The van der Waals surface area contributed by atoms with Crippen molar-refractivity contribution in [2.24, 2.45) is 5.73 Å². The van der Waals surface area contributed by atoms with Crippen LogP contribution in [0.25, 0.3) is 0 Å². The van der Waals surface area contributed by atoms with Crippen molar-refractivity contribution in [3.63, 3.8) is 0 Å². The van der Waals surface area contributed by atoms with E-state index in [1.807, 2.05) is 6.07 Å². The number of piperazine rings is 1. The van der Waals surface area contributed by atoms with Crippen LogP contribution >= 0.6 is 0 Å². The minimum atomic E-state index is -0.789. The summed E-state index contributed by atoms with van der Waals surface area (Å²) in [6, 6.07) is 3.24. The lowest BCUT2D eigenvalue weighted by Crippen LogP contribution is -2.50. The molecular formula is C20H27N7O4. The number of hydrogen-bond acceptors (Lipinski definition) is 7. The topological polar surface area (TPSA) is 147 Å². The highest BCUT2D eigenvalue weighted by Gasteiger charge is 2.32. The van der Waals surface area contributed by atoms with Gasteiger partial charge in [-0.25, -0.2) is 4.79 Å². The fourth-order valence-electron chi connectivity index (χ4n) is 3.72. The van der Waals surface area contributed by atoms with Gasteiger partial charge in [0.15, 0.2) is 0 Å². The highest BCUT2D eigenvalue weighted by atomic mass is 16.3. The van der Waals surface area contributed by atoms with Crippen LogP contribution in [0.4, 0.5) is 4.79 Å². The van der Waals surface area contributed by atoms with Crippen LogP contribution in [0.1, 0.15) is 28.5 Å². The lowest BCUT2D eigenvalue weighted by atomic mass is 10.1. The Morgan fingerprint density at radius 3 is 2.45 bits per heavy atom. The Morgan fingerprint density at radius 1 is 1.19 bits per heavy atom. The average molecular weight is 429 g/mol. The smallest absolute Gasteiger partial charge is 0.320 e. The number of aromatic nitrogens is 1. The third kappa shape index (κ3) is 5.10. The van der Waals surface area contributed by atoms with Crippen LogP contribution in [0.5, 0.6) is 0 Å². The lowest BCUT2D eigenvalue weighted by molar-refractivity contribution is -0.130. The summed E-state index contributed by atoms with van der Waals surface area (Å²) in [6.45, 7) is 4.40. The number of nitrogens with zero attached hydrogens (tertiary/aromatic N) is 6. The Balaban J connectivity index is 1.75. The number of aliphatic hydroxyl groups excluding tert-OH is 1. The summed E-state index contributed by atoms with van der Waals surface area (Å²) >= 11 is 0. The van der Waals surface area contributed by atoms with Gasteiger partial charge < -0.3 is 30.4 Å². The second-order valence-corrected chi connectivity index (χ2v) is 7.67. The fraction of sp³-hybridized carbons (Fsp3) is 0.550. The number of carbonyl (C=O) groups is 3. The SMILES string of the molecule is CC(=O)N1CCN(C(=O)c2cc(C#N)cnc2CN2CCN(C[C@H](O)CN)C2=O)CC1. The number of carbonyl (C=O) groups excluding carboxylic acids is 3. The van der Waals surface area contributed by atoms with Gasteiger partial charge in [0.05, 0.1) is 29.5 Å². The molecule has 3 N–H and O–H groups in total. The van der Waals surface area contributed by atoms with Crippen LogP contribution in [-0.4, -0.2) is 106 Å². The number of pyridine rings is 1. The van der Waals surface area contributed by atoms with E-state index in [-0.39, 0.29) is 48.6 Å². The van der Waals surface area contributed by atoms with Crippen LogP contribution in [0.2, 0.25) is 0 Å². The Kier molecular flexibility index (Phi) is 7.04. The molecule has 1 aromatic rings. The third-order valence-corrected chi connectivity index (χ3v) is 5.57. The standard InChI is InChI=1S/C20H27N7O4/c1-14(28)24-2-4-25(5-3-24)19(30)17-8-15(9-21)11-23-18(17)13-27-7-6-26(20(27)31)12-16(29)10-22/h8,11,16,29H,2-7,10,12-13,22H2,1H3/t16-/m1/s1. The van der Waals surface area contributed by atoms with Crippen molar-refractivity contribution in [2.75, 3.05) is 52.4 Å². The Bertz CT molecular complexity index is 892. The predicted octanol–water partition coefficient (Wildman–Crippen LogP) is -1.19. The monoisotopic (exact) mass is 429 g/mol. The molecule has 0 aliphatic carbocycles. The number of nitrogens with two attached hydrogens (primary N) is 1. The van der Waals surface area contributed by atoms with Gasteiger partial charge in [-0.2, -0.15) is 5.26 Å². The van der Waals surface area contributed by atoms with Gasteiger partial charge >= 0.3 is 6.03 Å². The zero-order chi connectivity index (χ0) is 22.5. The number of nitriles is 1. The third-order valence-electron chi connectivity index (χ3n) is 5.57. The average Bonchev–Trinajstić information content (AvgIpc) is 3.12. The molecule has 166 valence electrons. The molecule has 3 heterocycles. The molecule has 2 fully saturated rings. The number of hydrogen-bond donors (Lipinski definition) is 2. The molecule has 0 bridgehead atoms. The van der Waals surface area contributed by atoms with Gasteiger partial charge in [-0.1, -0.05) is 0 Å². The molecule has 2 saturated heterocycles. The lowest BCUT2D eigenvalue weighted by Gasteiger charge is -2.34. The molecule has 11 nitrogen and oxygen atoms in total. The largest absolute Gasteiger partial charge is 0.390 e. The van der Waals surface area contributed by atoms with E-state index in [2.05, 4.69) is 4.98 Å². The highest BCUT2D eigenvalue weighted by molar-refractivity contribution is 5.96. The molecule has 2 aliphatic heterocycles. The molecule has 4 amide bonds. The molecule has 1 atom stereocenters. The fourth-order valence-corrected chi connectivity index (χ4v) is 3.72. The molecular weight excluding hydrogens is 402 g/mol. The van der Waals surface area contributed by atoms with Gasteiger partial charge in [0.25, 0.3) is 5.91 Å². The van der Waals surface area contributed by atoms with Crippen LogP contribution in [0, 0.1) is 11.3 Å². The first-order valence-corrected chi connectivity index (χ1v) is 10.2. The number of urea groups is 1. The van der Waals surface area contributed by atoms with Gasteiger partial charge in [-0.05, 0) is 6.07 Å². The minimum absolute atomic E-state index is 0.0298. The molecule has 31 heavy (non-hydrogen) atoms. The molecule has 11 heteroatoms. The van der Waals surface area contributed by atoms with Crippen molar-refractivity contribution in [1.82, 2.24) is 24.6 Å². The van der Waals surface area contributed by atoms with Crippen molar-refractivity contribution in [1.29, 1.82) is 5.26 Å². The number of rotatable bonds is 6. The van der Waals surface area contributed by atoms with E-state index in [9.17, 15) is 24.8 Å². The van der Waals surface area contributed by atoms with Crippen LogP contribution in [0.15, 0.2) is 12.3 Å². The number of β-amino-alcohol motifs (C(OH)–C–C–N with tert-alkyl or cyclic N) is 1. The highest BCUT2D eigenvalue weighted by Crippen LogP contribution is 2.19. The molecule has 2 aliphatic rings. The molecule has 3 rings (SSSR count). The van der Waals surface area contributed by atoms with Gasteiger partial charge in [-0.3, -0.25) is 14.6 Å². The van der Waals surface area contributed by atoms with Crippen molar-refractivity contribution in [3.8, 4) is 6.07 Å². The van der Waals surface area contributed by atoms with Crippen molar-refractivity contribution in [3.05, 3.63) is 29.1 Å². The normalized spacial score (nSPS) is 17.7. The van der Waals surface area contributed by atoms with E-state index < -0.39 is 6.10 Å². The van der Waals surface area contributed by atoms with Gasteiger partial charge in [-0.15, -0.1) is 0 Å². The summed E-state index contributed by atoms with van der Waals surface area (Å²) in [5.74, 6) is -0.303. The van der Waals surface area contributed by atoms with Gasteiger partial charge in [0.2, 0.25) is 5.91 Å². The zero-order valence-electron chi connectivity index (χ0n) is 17.5. The first kappa shape index (κ1) is 22.5. The molecule has 0 saturated carbocycles. The maximum absolute atomic E-state index is 13.2. The van der Waals surface area contributed by atoms with E-state index >= 15 is 0 Å². The van der Waals surface area contributed by atoms with Crippen LogP contribution in [-0.2, 0) is 11.3 Å².